The predicted octanol–water partition coefficient (Wildman–Crippen LogP) is 5.16. The van der Waals surface area contributed by atoms with E-state index in [1.54, 1.807) is 6.20 Å². The third kappa shape index (κ3) is 4.09. The van der Waals surface area contributed by atoms with Crippen molar-refractivity contribution >= 4 is 39.8 Å². The van der Waals surface area contributed by atoms with Crippen LogP contribution in [0.2, 0.25) is 5.02 Å². The minimum absolute atomic E-state index is 0.134. The number of hydrogen-bond acceptors (Lipinski definition) is 3. The van der Waals surface area contributed by atoms with E-state index in [1.165, 1.54) is 0 Å². The molecule has 0 aliphatic rings. The fourth-order valence-electron chi connectivity index (χ4n) is 2.58. The van der Waals surface area contributed by atoms with Gasteiger partial charge in [0.15, 0.2) is 0 Å². The number of hydrogen-bond donors (Lipinski definition) is 2. The van der Waals surface area contributed by atoms with E-state index in [0.29, 0.717) is 16.4 Å². The maximum Gasteiger partial charge on any atom is 0.253 e. The van der Waals surface area contributed by atoms with Crippen molar-refractivity contribution in [3.05, 3.63) is 65.3 Å². The molecule has 0 atom stereocenters. The molecule has 1 heterocycles. The van der Waals surface area contributed by atoms with Crippen LogP contribution in [-0.2, 0) is 0 Å². The number of carbonyl (C=O) groups is 1. The zero-order valence-corrected chi connectivity index (χ0v) is 15.2. The highest BCUT2D eigenvalue weighted by Crippen LogP contribution is 2.28. The Kier molecular flexibility index (Phi) is 4.64. The number of anilines is 2. The molecular formula is C20H20ClN3O. The number of nitrogens with one attached hydrogen (secondary N) is 2. The van der Waals surface area contributed by atoms with Gasteiger partial charge in [-0.25, -0.2) is 4.98 Å². The van der Waals surface area contributed by atoms with Gasteiger partial charge in [0.05, 0.1) is 5.56 Å². The number of nitrogens with zero attached hydrogens (tertiary/aromatic N) is 1. The van der Waals surface area contributed by atoms with Crippen molar-refractivity contribution in [2.24, 2.45) is 0 Å². The molecule has 0 bridgehead atoms. The van der Waals surface area contributed by atoms with Crippen LogP contribution in [0.25, 0.3) is 10.8 Å². The van der Waals surface area contributed by atoms with Crippen molar-refractivity contribution in [1.82, 2.24) is 10.3 Å². The summed E-state index contributed by atoms with van der Waals surface area (Å²) in [5.74, 6) is 0.552. The van der Waals surface area contributed by atoms with Gasteiger partial charge in [-0.1, -0.05) is 41.9 Å². The molecule has 128 valence electrons. The lowest BCUT2D eigenvalue weighted by Gasteiger charge is -2.21. The van der Waals surface area contributed by atoms with Crippen LogP contribution in [0.4, 0.5) is 11.5 Å². The van der Waals surface area contributed by atoms with Gasteiger partial charge >= 0.3 is 0 Å². The third-order valence-electron chi connectivity index (χ3n) is 3.62. The maximum atomic E-state index is 12.6. The van der Waals surface area contributed by atoms with Crippen molar-refractivity contribution in [2.75, 3.05) is 5.32 Å². The second-order valence-electron chi connectivity index (χ2n) is 6.91. The first-order valence-corrected chi connectivity index (χ1v) is 8.44. The van der Waals surface area contributed by atoms with E-state index in [2.05, 4.69) is 15.6 Å². The summed E-state index contributed by atoms with van der Waals surface area (Å²) in [5, 5.41) is 8.64. The second-order valence-corrected chi connectivity index (χ2v) is 7.34. The molecule has 0 spiro atoms. The number of fused-ring (bicyclic) bond motifs is 1. The summed E-state index contributed by atoms with van der Waals surface area (Å²) in [6.45, 7) is 5.86. The van der Waals surface area contributed by atoms with Crippen LogP contribution >= 0.6 is 11.6 Å². The quantitative estimate of drug-likeness (QED) is 0.683. The van der Waals surface area contributed by atoms with Crippen LogP contribution < -0.4 is 10.6 Å². The number of pyridine rings is 1. The zero-order chi connectivity index (χ0) is 18.0. The van der Waals surface area contributed by atoms with E-state index in [9.17, 15) is 4.79 Å². The van der Waals surface area contributed by atoms with Gasteiger partial charge in [0, 0.05) is 27.8 Å². The Bertz CT molecular complexity index is 932. The Morgan fingerprint density at radius 2 is 1.76 bits per heavy atom. The minimum atomic E-state index is -0.310. The van der Waals surface area contributed by atoms with Crippen LogP contribution in [0.15, 0.2) is 54.7 Å². The molecule has 4 nitrogen and oxygen atoms in total. The monoisotopic (exact) mass is 353 g/mol. The number of halogens is 1. The molecule has 0 saturated heterocycles. The second kappa shape index (κ2) is 6.73. The van der Waals surface area contributed by atoms with Crippen molar-refractivity contribution < 1.29 is 4.79 Å². The summed E-state index contributed by atoms with van der Waals surface area (Å²) in [7, 11) is 0. The molecule has 0 radical (unpaired) electrons. The van der Waals surface area contributed by atoms with Crippen LogP contribution in [0.1, 0.15) is 31.1 Å². The lowest BCUT2D eigenvalue weighted by Crippen LogP contribution is -2.40. The van der Waals surface area contributed by atoms with E-state index in [1.807, 2.05) is 69.3 Å². The summed E-state index contributed by atoms with van der Waals surface area (Å²) < 4.78 is 0. The van der Waals surface area contributed by atoms with Gasteiger partial charge in [-0.15, -0.1) is 0 Å². The van der Waals surface area contributed by atoms with Crippen LogP contribution in [0.3, 0.4) is 0 Å². The summed E-state index contributed by atoms with van der Waals surface area (Å²) in [5.41, 5.74) is 1.09. The highest BCUT2D eigenvalue weighted by Gasteiger charge is 2.18. The predicted molar refractivity (Wildman–Crippen MR) is 104 cm³/mol. The molecule has 2 aromatic carbocycles. The molecular weight excluding hydrogens is 334 g/mol. The SMILES string of the molecule is CC(C)(C)NC(=O)c1cnc(Nc2cccc(Cl)c2)c2ccccc12. The zero-order valence-electron chi connectivity index (χ0n) is 14.4. The Balaban J connectivity index is 2.03. The normalized spacial score (nSPS) is 11.4. The third-order valence-corrected chi connectivity index (χ3v) is 3.85. The van der Waals surface area contributed by atoms with E-state index >= 15 is 0 Å². The van der Waals surface area contributed by atoms with Gasteiger partial charge in [0.2, 0.25) is 0 Å². The number of rotatable bonds is 3. The molecule has 3 rings (SSSR count). The Hall–Kier alpha value is -2.59. The van der Waals surface area contributed by atoms with Gasteiger partial charge in [0.1, 0.15) is 5.82 Å². The number of aromatic nitrogens is 1. The molecule has 0 unspecified atom stereocenters. The molecule has 1 aromatic heterocycles. The van der Waals surface area contributed by atoms with Gasteiger partial charge in [-0.2, -0.15) is 0 Å². The maximum absolute atomic E-state index is 12.6. The number of amides is 1. The molecule has 3 aromatic rings. The topological polar surface area (TPSA) is 54.0 Å². The van der Waals surface area contributed by atoms with Crippen molar-refractivity contribution in [3.8, 4) is 0 Å². The largest absolute Gasteiger partial charge is 0.347 e. The van der Waals surface area contributed by atoms with Crippen LogP contribution in [-0.4, -0.2) is 16.4 Å². The van der Waals surface area contributed by atoms with Gasteiger partial charge in [-0.3, -0.25) is 4.79 Å². The minimum Gasteiger partial charge on any atom is -0.347 e. The van der Waals surface area contributed by atoms with E-state index in [-0.39, 0.29) is 11.4 Å². The summed E-state index contributed by atoms with van der Waals surface area (Å²) >= 11 is 6.04. The first-order valence-electron chi connectivity index (χ1n) is 8.06. The average molecular weight is 354 g/mol. The Labute approximate surface area is 152 Å². The van der Waals surface area contributed by atoms with Crippen molar-refractivity contribution in [2.45, 2.75) is 26.3 Å². The van der Waals surface area contributed by atoms with Crippen LogP contribution in [0.5, 0.6) is 0 Å². The Morgan fingerprint density at radius 3 is 2.44 bits per heavy atom. The molecule has 25 heavy (non-hydrogen) atoms. The molecule has 1 amide bonds. The molecule has 2 N–H and O–H groups in total. The molecule has 0 aliphatic heterocycles. The van der Waals surface area contributed by atoms with E-state index in [4.69, 9.17) is 11.6 Å². The first-order chi connectivity index (χ1) is 11.8. The highest BCUT2D eigenvalue weighted by molar-refractivity contribution is 6.30. The first kappa shape index (κ1) is 17.2. The highest BCUT2D eigenvalue weighted by atomic mass is 35.5. The lowest BCUT2D eigenvalue weighted by molar-refractivity contribution is 0.0921. The lowest BCUT2D eigenvalue weighted by atomic mass is 10.0. The number of carbonyl (C=O) groups excluding carboxylic acids is 1. The molecule has 0 fully saturated rings. The van der Waals surface area contributed by atoms with Crippen LogP contribution in [0, 0.1) is 0 Å². The van der Waals surface area contributed by atoms with E-state index < -0.39 is 0 Å². The molecule has 0 saturated carbocycles. The van der Waals surface area contributed by atoms with E-state index in [0.717, 1.165) is 16.5 Å². The standard InChI is InChI=1S/C20H20ClN3O/c1-20(2,3)24-19(25)17-12-22-18(16-10-5-4-9-15(16)17)23-14-8-6-7-13(21)11-14/h4-12H,1-3H3,(H,22,23)(H,24,25). The fourth-order valence-corrected chi connectivity index (χ4v) is 2.77. The van der Waals surface area contributed by atoms with Gasteiger partial charge < -0.3 is 10.6 Å². The summed E-state index contributed by atoms with van der Waals surface area (Å²) in [6, 6.07) is 15.2. The van der Waals surface area contributed by atoms with Crippen molar-refractivity contribution in [3.63, 3.8) is 0 Å². The summed E-state index contributed by atoms with van der Waals surface area (Å²) in [6.07, 6.45) is 1.61. The van der Waals surface area contributed by atoms with Gasteiger partial charge in [-0.05, 0) is 44.4 Å². The van der Waals surface area contributed by atoms with Gasteiger partial charge in [0.25, 0.3) is 5.91 Å². The molecule has 5 heteroatoms. The summed E-state index contributed by atoms with van der Waals surface area (Å²) in [4.78, 5) is 17.1. The molecule has 0 aliphatic carbocycles. The fraction of sp³-hybridized carbons (Fsp3) is 0.200. The smallest absolute Gasteiger partial charge is 0.253 e. The van der Waals surface area contributed by atoms with Crippen molar-refractivity contribution in [1.29, 1.82) is 0 Å². The average Bonchev–Trinajstić information content (AvgIpc) is 2.53. The number of benzene rings is 2. The Morgan fingerprint density at radius 1 is 1.04 bits per heavy atom.